The minimum absolute atomic E-state index is 0.723. The molecule has 1 aliphatic carbocycles. The monoisotopic (exact) mass is 196 g/mol. The summed E-state index contributed by atoms with van der Waals surface area (Å²) in [5.41, 5.74) is 6.90. The molecular weight excluding hydrogens is 180 g/mol. The van der Waals surface area contributed by atoms with Gasteiger partial charge in [-0.05, 0) is 25.8 Å². The lowest BCUT2D eigenvalue weighted by Crippen LogP contribution is -2.02. The van der Waals surface area contributed by atoms with Gasteiger partial charge in [-0.2, -0.15) is 0 Å². The second-order valence-electron chi connectivity index (χ2n) is 3.58. The van der Waals surface area contributed by atoms with E-state index in [0.29, 0.717) is 0 Å². The Morgan fingerprint density at radius 2 is 2.31 bits per heavy atom. The fourth-order valence-corrected chi connectivity index (χ4v) is 2.68. The molecule has 1 aliphatic rings. The average molecular weight is 196 g/mol. The van der Waals surface area contributed by atoms with E-state index in [1.165, 1.54) is 28.4 Å². The van der Waals surface area contributed by atoms with Crippen molar-refractivity contribution in [3.05, 3.63) is 15.6 Å². The van der Waals surface area contributed by atoms with Gasteiger partial charge in [0.05, 0.1) is 10.7 Å². The first-order valence-electron chi connectivity index (χ1n) is 5.03. The maximum Gasteiger partial charge on any atom is 0.0943 e. The van der Waals surface area contributed by atoms with Crippen molar-refractivity contribution in [3.8, 4) is 0 Å². The van der Waals surface area contributed by atoms with Gasteiger partial charge in [0.15, 0.2) is 0 Å². The SMILES string of the molecule is CCc1sc(CCN)nc1C1CC1. The molecule has 72 valence electrons. The van der Waals surface area contributed by atoms with Crippen molar-refractivity contribution >= 4 is 11.3 Å². The molecule has 0 saturated heterocycles. The van der Waals surface area contributed by atoms with Crippen LogP contribution in [0.4, 0.5) is 0 Å². The van der Waals surface area contributed by atoms with Crippen molar-refractivity contribution < 1.29 is 0 Å². The third-order valence-electron chi connectivity index (χ3n) is 2.42. The summed E-state index contributed by atoms with van der Waals surface area (Å²) in [6.45, 7) is 2.94. The van der Waals surface area contributed by atoms with E-state index in [4.69, 9.17) is 5.73 Å². The van der Waals surface area contributed by atoms with Crippen LogP contribution in [0.15, 0.2) is 0 Å². The number of aryl methyl sites for hydroxylation is 1. The van der Waals surface area contributed by atoms with Crippen LogP contribution in [-0.2, 0) is 12.8 Å². The Balaban J connectivity index is 2.20. The normalized spacial score (nSPS) is 16.5. The molecule has 0 aromatic carbocycles. The minimum Gasteiger partial charge on any atom is -0.330 e. The molecule has 2 rings (SSSR count). The maximum absolute atomic E-state index is 5.52. The van der Waals surface area contributed by atoms with Crippen LogP contribution in [0.25, 0.3) is 0 Å². The zero-order valence-electron chi connectivity index (χ0n) is 8.05. The van der Waals surface area contributed by atoms with E-state index in [-0.39, 0.29) is 0 Å². The quantitative estimate of drug-likeness (QED) is 0.800. The fourth-order valence-electron chi connectivity index (χ4n) is 1.57. The van der Waals surface area contributed by atoms with Crippen molar-refractivity contribution in [2.75, 3.05) is 6.54 Å². The number of nitrogens with two attached hydrogens (primary N) is 1. The molecule has 3 heteroatoms. The van der Waals surface area contributed by atoms with Gasteiger partial charge < -0.3 is 5.73 Å². The first-order valence-corrected chi connectivity index (χ1v) is 5.85. The van der Waals surface area contributed by atoms with Gasteiger partial charge in [-0.3, -0.25) is 0 Å². The van der Waals surface area contributed by atoms with Gasteiger partial charge in [-0.1, -0.05) is 6.92 Å². The summed E-state index contributed by atoms with van der Waals surface area (Å²) in [6, 6.07) is 0. The third kappa shape index (κ3) is 1.92. The van der Waals surface area contributed by atoms with Gasteiger partial charge in [0.25, 0.3) is 0 Å². The smallest absolute Gasteiger partial charge is 0.0943 e. The summed E-state index contributed by atoms with van der Waals surface area (Å²) >= 11 is 1.86. The zero-order valence-corrected chi connectivity index (χ0v) is 8.86. The molecule has 1 heterocycles. The lowest BCUT2D eigenvalue weighted by molar-refractivity contribution is 0.918. The van der Waals surface area contributed by atoms with Crippen LogP contribution in [-0.4, -0.2) is 11.5 Å². The lowest BCUT2D eigenvalue weighted by atomic mass is 10.2. The van der Waals surface area contributed by atoms with Crippen LogP contribution in [0.5, 0.6) is 0 Å². The second-order valence-corrected chi connectivity index (χ2v) is 4.75. The van der Waals surface area contributed by atoms with Crippen LogP contribution in [0.1, 0.15) is 41.3 Å². The van der Waals surface area contributed by atoms with Gasteiger partial charge in [0.2, 0.25) is 0 Å². The Bertz CT molecular complexity index is 289. The van der Waals surface area contributed by atoms with Crippen LogP contribution < -0.4 is 5.73 Å². The van der Waals surface area contributed by atoms with Crippen molar-refractivity contribution in [1.82, 2.24) is 4.98 Å². The first-order chi connectivity index (χ1) is 6.35. The van der Waals surface area contributed by atoms with E-state index in [1.807, 2.05) is 11.3 Å². The molecule has 1 aromatic rings. The summed E-state index contributed by atoms with van der Waals surface area (Å²) in [5, 5.41) is 1.24. The molecule has 1 aromatic heterocycles. The summed E-state index contributed by atoms with van der Waals surface area (Å²) in [7, 11) is 0. The third-order valence-corrected chi connectivity index (χ3v) is 3.69. The number of hydrogen-bond donors (Lipinski definition) is 1. The predicted octanol–water partition coefficient (Wildman–Crippen LogP) is 2.08. The molecule has 0 unspecified atom stereocenters. The first kappa shape index (κ1) is 9.16. The Labute approximate surface area is 83.2 Å². The molecule has 0 amide bonds. The molecule has 0 bridgehead atoms. The maximum atomic E-state index is 5.52. The predicted molar refractivity (Wildman–Crippen MR) is 56.2 cm³/mol. The van der Waals surface area contributed by atoms with Gasteiger partial charge in [0.1, 0.15) is 0 Å². The number of thiazole rings is 1. The topological polar surface area (TPSA) is 38.9 Å². The van der Waals surface area contributed by atoms with E-state index >= 15 is 0 Å². The largest absolute Gasteiger partial charge is 0.330 e. The van der Waals surface area contributed by atoms with Crippen molar-refractivity contribution in [1.29, 1.82) is 0 Å². The minimum atomic E-state index is 0.723. The highest BCUT2D eigenvalue weighted by Crippen LogP contribution is 2.42. The average Bonchev–Trinajstić information content (AvgIpc) is 2.89. The molecule has 2 nitrogen and oxygen atoms in total. The highest BCUT2D eigenvalue weighted by atomic mass is 32.1. The van der Waals surface area contributed by atoms with E-state index < -0.39 is 0 Å². The molecule has 1 fully saturated rings. The summed E-state index contributed by atoms with van der Waals surface area (Å²) in [5.74, 6) is 0.790. The fraction of sp³-hybridized carbons (Fsp3) is 0.700. The Hall–Kier alpha value is -0.410. The Morgan fingerprint density at radius 1 is 1.54 bits per heavy atom. The molecule has 13 heavy (non-hydrogen) atoms. The lowest BCUT2D eigenvalue weighted by Gasteiger charge is -1.93. The highest BCUT2D eigenvalue weighted by molar-refractivity contribution is 7.11. The van der Waals surface area contributed by atoms with Gasteiger partial charge in [0, 0.05) is 17.2 Å². The van der Waals surface area contributed by atoms with Crippen LogP contribution in [0.3, 0.4) is 0 Å². The standard InChI is InChI=1S/C10H16N2S/c1-2-8-10(7-3-4-7)12-9(13-8)5-6-11/h7H,2-6,11H2,1H3. The number of hydrogen-bond acceptors (Lipinski definition) is 3. The van der Waals surface area contributed by atoms with Crippen molar-refractivity contribution in [3.63, 3.8) is 0 Å². The number of aromatic nitrogens is 1. The number of rotatable bonds is 4. The zero-order chi connectivity index (χ0) is 9.26. The van der Waals surface area contributed by atoms with E-state index in [1.54, 1.807) is 0 Å². The Kier molecular flexibility index (Phi) is 2.65. The number of nitrogens with zero attached hydrogens (tertiary/aromatic N) is 1. The molecule has 0 spiro atoms. The van der Waals surface area contributed by atoms with Crippen LogP contribution in [0.2, 0.25) is 0 Å². The molecule has 2 N–H and O–H groups in total. The van der Waals surface area contributed by atoms with E-state index in [9.17, 15) is 0 Å². The van der Waals surface area contributed by atoms with Crippen molar-refractivity contribution in [2.24, 2.45) is 5.73 Å². The highest BCUT2D eigenvalue weighted by Gasteiger charge is 2.28. The summed E-state index contributed by atoms with van der Waals surface area (Å²) in [6.07, 6.45) is 4.77. The van der Waals surface area contributed by atoms with Crippen LogP contribution >= 0.6 is 11.3 Å². The molecule has 1 saturated carbocycles. The summed E-state index contributed by atoms with van der Waals surface area (Å²) in [4.78, 5) is 6.16. The van der Waals surface area contributed by atoms with E-state index in [2.05, 4.69) is 11.9 Å². The molecular formula is C10H16N2S. The Morgan fingerprint density at radius 3 is 2.85 bits per heavy atom. The van der Waals surface area contributed by atoms with Crippen molar-refractivity contribution in [2.45, 2.75) is 38.5 Å². The van der Waals surface area contributed by atoms with E-state index in [0.717, 1.165) is 25.3 Å². The van der Waals surface area contributed by atoms with Gasteiger partial charge >= 0.3 is 0 Å². The molecule has 0 atom stereocenters. The molecule has 0 radical (unpaired) electrons. The summed E-state index contributed by atoms with van der Waals surface area (Å²) < 4.78 is 0. The van der Waals surface area contributed by atoms with Gasteiger partial charge in [-0.15, -0.1) is 11.3 Å². The second kappa shape index (κ2) is 3.76. The van der Waals surface area contributed by atoms with Crippen LogP contribution in [0, 0.1) is 0 Å². The van der Waals surface area contributed by atoms with Gasteiger partial charge in [-0.25, -0.2) is 4.98 Å². The molecule has 0 aliphatic heterocycles.